The molecule has 6 nitrogen and oxygen atoms in total. The minimum Gasteiger partial charge on any atom is -0.379 e. The smallest absolute Gasteiger partial charge is 0.138 e. The highest BCUT2D eigenvalue weighted by atomic mass is 15.3. The second-order valence-corrected chi connectivity index (χ2v) is 5.26. The van der Waals surface area contributed by atoms with Gasteiger partial charge >= 0.3 is 0 Å². The molecular weight excluding hydrogens is 264 g/mol. The van der Waals surface area contributed by atoms with Crippen molar-refractivity contribution in [3.05, 3.63) is 55.1 Å². The molecule has 0 unspecified atom stereocenters. The molecule has 6 heteroatoms. The molecule has 1 aliphatic rings. The standard InChI is InChI=1S/C15H16N6/c1-3-14(21-11-17-9-19-21)4-2-12(1)18-8-15-7-16-10-20(15)13-5-6-13/h1-4,7,9-11,13,18H,5-6,8H2. The largest absolute Gasteiger partial charge is 0.379 e. The van der Waals surface area contributed by atoms with Gasteiger partial charge in [-0.2, -0.15) is 5.10 Å². The Morgan fingerprint density at radius 2 is 1.95 bits per heavy atom. The highest BCUT2D eigenvalue weighted by molar-refractivity contribution is 5.48. The lowest BCUT2D eigenvalue weighted by atomic mass is 10.2. The van der Waals surface area contributed by atoms with E-state index in [1.807, 2.05) is 24.7 Å². The van der Waals surface area contributed by atoms with E-state index in [-0.39, 0.29) is 0 Å². The summed E-state index contributed by atoms with van der Waals surface area (Å²) in [5.74, 6) is 0. The van der Waals surface area contributed by atoms with Crippen LogP contribution in [-0.2, 0) is 6.54 Å². The molecule has 0 spiro atoms. The van der Waals surface area contributed by atoms with Crippen LogP contribution in [0, 0.1) is 0 Å². The Bertz CT molecular complexity index is 709. The summed E-state index contributed by atoms with van der Waals surface area (Å²) in [6.45, 7) is 0.791. The number of hydrogen-bond donors (Lipinski definition) is 1. The van der Waals surface area contributed by atoms with E-state index in [1.54, 1.807) is 11.0 Å². The molecule has 2 aromatic heterocycles. The first-order valence-electron chi connectivity index (χ1n) is 7.10. The number of rotatable bonds is 5. The molecule has 0 radical (unpaired) electrons. The quantitative estimate of drug-likeness (QED) is 0.779. The molecule has 2 heterocycles. The summed E-state index contributed by atoms with van der Waals surface area (Å²) in [5.41, 5.74) is 3.32. The normalized spacial score (nSPS) is 14.3. The van der Waals surface area contributed by atoms with Gasteiger partial charge in [0.1, 0.15) is 12.7 Å². The van der Waals surface area contributed by atoms with E-state index in [0.29, 0.717) is 6.04 Å². The van der Waals surface area contributed by atoms with Crippen LogP contribution in [0.5, 0.6) is 0 Å². The average molecular weight is 280 g/mol. The fourth-order valence-corrected chi connectivity index (χ4v) is 2.42. The number of aromatic nitrogens is 5. The van der Waals surface area contributed by atoms with Crippen LogP contribution in [0.25, 0.3) is 5.69 Å². The summed E-state index contributed by atoms with van der Waals surface area (Å²) in [4.78, 5) is 8.20. The van der Waals surface area contributed by atoms with Crippen molar-refractivity contribution in [2.75, 3.05) is 5.32 Å². The minimum atomic E-state index is 0.666. The highest BCUT2D eigenvalue weighted by Gasteiger charge is 2.24. The Kier molecular flexibility index (Phi) is 2.92. The fourth-order valence-electron chi connectivity index (χ4n) is 2.42. The molecule has 1 aromatic carbocycles. The molecule has 0 aliphatic heterocycles. The van der Waals surface area contributed by atoms with Gasteiger partial charge in [0, 0.05) is 17.9 Å². The fraction of sp³-hybridized carbons (Fsp3) is 0.267. The summed E-state index contributed by atoms with van der Waals surface area (Å²) in [6.07, 6.45) is 9.64. The first kappa shape index (κ1) is 12.1. The maximum absolute atomic E-state index is 4.25. The zero-order valence-electron chi connectivity index (χ0n) is 11.6. The number of nitrogens with one attached hydrogen (secondary N) is 1. The number of imidazole rings is 1. The number of anilines is 1. The van der Waals surface area contributed by atoms with E-state index in [4.69, 9.17) is 0 Å². The number of hydrogen-bond acceptors (Lipinski definition) is 4. The summed E-state index contributed by atoms with van der Waals surface area (Å²) in [6, 6.07) is 8.81. The second kappa shape index (κ2) is 5.05. The van der Waals surface area contributed by atoms with Crippen LogP contribution in [0.1, 0.15) is 24.6 Å². The van der Waals surface area contributed by atoms with Crippen molar-refractivity contribution in [3.8, 4) is 5.69 Å². The van der Waals surface area contributed by atoms with Crippen LogP contribution < -0.4 is 5.32 Å². The third kappa shape index (κ3) is 2.52. The summed E-state index contributed by atoms with van der Waals surface area (Å²) < 4.78 is 4.02. The molecule has 3 aromatic rings. The van der Waals surface area contributed by atoms with Gasteiger partial charge < -0.3 is 9.88 Å². The Hall–Kier alpha value is -2.63. The van der Waals surface area contributed by atoms with Crippen molar-refractivity contribution < 1.29 is 0 Å². The Balaban J connectivity index is 1.44. The predicted octanol–water partition coefficient (Wildman–Crippen LogP) is 2.41. The second-order valence-electron chi connectivity index (χ2n) is 5.26. The maximum atomic E-state index is 4.25. The van der Waals surface area contributed by atoms with Gasteiger partial charge in [-0.25, -0.2) is 14.6 Å². The molecule has 1 saturated carbocycles. The van der Waals surface area contributed by atoms with Gasteiger partial charge in [0.25, 0.3) is 0 Å². The van der Waals surface area contributed by atoms with Crippen molar-refractivity contribution in [3.63, 3.8) is 0 Å². The Morgan fingerprint density at radius 3 is 2.67 bits per heavy atom. The van der Waals surface area contributed by atoms with E-state index >= 15 is 0 Å². The van der Waals surface area contributed by atoms with Crippen LogP contribution in [0.4, 0.5) is 5.69 Å². The Labute approximate surface area is 122 Å². The summed E-state index contributed by atoms with van der Waals surface area (Å²) >= 11 is 0. The van der Waals surface area contributed by atoms with E-state index in [9.17, 15) is 0 Å². The summed E-state index contributed by atoms with van der Waals surface area (Å²) in [7, 11) is 0. The van der Waals surface area contributed by atoms with Crippen LogP contribution in [0.3, 0.4) is 0 Å². The third-order valence-corrected chi connectivity index (χ3v) is 3.71. The molecule has 106 valence electrons. The molecule has 0 bridgehead atoms. The van der Waals surface area contributed by atoms with Crippen molar-refractivity contribution in [1.82, 2.24) is 24.3 Å². The maximum Gasteiger partial charge on any atom is 0.138 e. The monoisotopic (exact) mass is 280 g/mol. The number of benzene rings is 1. The van der Waals surface area contributed by atoms with Crippen molar-refractivity contribution >= 4 is 5.69 Å². The molecule has 1 fully saturated rings. The highest BCUT2D eigenvalue weighted by Crippen LogP contribution is 2.35. The van der Waals surface area contributed by atoms with Gasteiger partial charge in [-0.15, -0.1) is 0 Å². The Morgan fingerprint density at radius 1 is 1.10 bits per heavy atom. The van der Waals surface area contributed by atoms with Gasteiger partial charge in [-0.05, 0) is 37.1 Å². The van der Waals surface area contributed by atoms with Gasteiger partial charge in [-0.1, -0.05) is 0 Å². The SMILES string of the molecule is c1ncn(-c2ccc(NCc3cncn3C3CC3)cc2)n1. The van der Waals surface area contributed by atoms with Gasteiger partial charge in [0.15, 0.2) is 0 Å². The van der Waals surface area contributed by atoms with Crippen molar-refractivity contribution in [1.29, 1.82) is 0 Å². The molecule has 0 amide bonds. The van der Waals surface area contributed by atoms with Crippen molar-refractivity contribution in [2.24, 2.45) is 0 Å². The van der Waals surface area contributed by atoms with Gasteiger partial charge in [0.05, 0.1) is 24.3 Å². The first-order chi connectivity index (χ1) is 10.4. The topological polar surface area (TPSA) is 60.6 Å². The molecule has 0 saturated heterocycles. The van der Waals surface area contributed by atoms with E-state index in [2.05, 4.69) is 37.1 Å². The van der Waals surface area contributed by atoms with Crippen LogP contribution in [-0.4, -0.2) is 24.3 Å². The van der Waals surface area contributed by atoms with Crippen LogP contribution in [0.2, 0.25) is 0 Å². The molecule has 21 heavy (non-hydrogen) atoms. The number of nitrogens with zero attached hydrogens (tertiary/aromatic N) is 5. The zero-order valence-corrected chi connectivity index (χ0v) is 11.6. The molecule has 0 atom stereocenters. The van der Waals surface area contributed by atoms with Gasteiger partial charge in [0.2, 0.25) is 0 Å². The third-order valence-electron chi connectivity index (χ3n) is 3.71. The minimum absolute atomic E-state index is 0.666. The first-order valence-corrected chi connectivity index (χ1v) is 7.10. The molecule has 1 N–H and O–H groups in total. The predicted molar refractivity (Wildman–Crippen MR) is 79.2 cm³/mol. The zero-order chi connectivity index (χ0) is 14.1. The van der Waals surface area contributed by atoms with E-state index < -0.39 is 0 Å². The average Bonchev–Trinajstić information content (AvgIpc) is 3.04. The van der Waals surface area contributed by atoms with E-state index in [0.717, 1.165) is 17.9 Å². The van der Waals surface area contributed by atoms with Crippen molar-refractivity contribution in [2.45, 2.75) is 25.4 Å². The molecular formula is C15H16N6. The van der Waals surface area contributed by atoms with Crippen LogP contribution in [0.15, 0.2) is 49.4 Å². The lowest BCUT2D eigenvalue weighted by molar-refractivity contribution is 0.701. The molecule has 1 aliphatic carbocycles. The lowest BCUT2D eigenvalue weighted by Crippen LogP contribution is -2.06. The van der Waals surface area contributed by atoms with Gasteiger partial charge in [-0.3, -0.25) is 0 Å². The van der Waals surface area contributed by atoms with E-state index in [1.165, 1.54) is 24.9 Å². The molecule has 4 rings (SSSR count). The summed E-state index contributed by atoms with van der Waals surface area (Å²) in [5, 5.41) is 7.55. The lowest BCUT2D eigenvalue weighted by Gasteiger charge is -2.09. The van der Waals surface area contributed by atoms with Crippen LogP contribution >= 0.6 is 0 Å².